The molecule has 1 aliphatic rings. The van der Waals surface area contributed by atoms with E-state index in [4.69, 9.17) is 4.42 Å². The first kappa shape index (κ1) is 15.2. The zero-order chi connectivity index (χ0) is 16.4. The monoisotopic (exact) mass is 320 g/mol. The molecule has 0 spiro atoms. The zero-order valence-electron chi connectivity index (χ0n) is 12.1. The van der Waals surface area contributed by atoms with Crippen molar-refractivity contribution in [3.8, 4) is 0 Å². The molecule has 3 rings (SSSR count). The second kappa shape index (κ2) is 6.20. The van der Waals surface area contributed by atoms with Gasteiger partial charge in [0.2, 0.25) is 0 Å². The number of rotatable bonds is 4. The SMILES string of the molecule is O=C(NC(CF)c1ccc(F)cc1)c1coc2c1C(=O)NCC2. The molecule has 2 N–H and O–H groups in total. The lowest BCUT2D eigenvalue weighted by atomic mass is 10.0. The molecule has 5 nitrogen and oxygen atoms in total. The van der Waals surface area contributed by atoms with Crippen LogP contribution in [0.25, 0.3) is 0 Å². The van der Waals surface area contributed by atoms with Crippen molar-refractivity contribution in [2.45, 2.75) is 12.5 Å². The molecular formula is C16H14F2N2O3. The molecular weight excluding hydrogens is 306 g/mol. The molecule has 23 heavy (non-hydrogen) atoms. The number of hydrogen-bond donors (Lipinski definition) is 2. The molecule has 2 aromatic rings. The third kappa shape index (κ3) is 2.94. The van der Waals surface area contributed by atoms with Gasteiger partial charge < -0.3 is 15.1 Å². The smallest absolute Gasteiger partial charge is 0.255 e. The number of halogens is 2. The van der Waals surface area contributed by atoms with E-state index < -0.39 is 24.4 Å². The lowest BCUT2D eigenvalue weighted by Gasteiger charge is -2.17. The summed E-state index contributed by atoms with van der Waals surface area (Å²) >= 11 is 0. The van der Waals surface area contributed by atoms with E-state index in [1.165, 1.54) is 30.5 Å². The number of hydrogen-bond acceptors (Lipinski definition) is 3. The summed E-state index contributed by atoms with van der Waals surface area (Å²) in [5.74, 6) is -1.00. The Balaban J connectivity index is 1.82. The molecule has 0 radical (unpaired) electrons. The van der Waals surface area contributed by atoms with Crippen LogP contribution in [0, 0.1) is 5.82 Å². The number of carbonyl (C=O) groups is 2. The van der Waals surface area contributed by atoms with E-state index in [0.29, 0.717) is 24.3 Å². The molecule has 7 heteroatoms. The fourth-order valence-electron chi connectivity index (χ4n) is 2.52. The van der Waals surface area contributed by atoms with Crippen molar-refractivity contribution >= 4 is 11.8 Å². The van der Waals surface area contributed by atoms with E-state index >= 15 is 0 Å². The number of amides is 2. The summed E-state index contributed by atoms with van der Waals surface area (Å²) in [7, 11) is 0. The lowest BCUT2D eigenvalue weighted by Crippen LogP contribution is -2.35. The third-order valence-corrected chi connectivity index (χ3v) is 3.71. The first-order chi connectivity index (χ1) is 11.1. The number of alkyl halides is 1. The fraction of sp³-hybridized carbons (Fsp3) is 0.250. The van der Waals surface area contributed by atoms with Crippen molar-refractivity contribution in [3.05, 3.63) is 58.8 Å². The van der Waals surface area contributed by atoms with Gasteiger partial charge in [0, 0.05) is 13.0 Å². The van der Waals surface area contributed by atoms with Gasteiger partial charge in [0.1, 0.15) is 24.5 Å². The highest BCUT2D eigenvalue weighted by atomic mass is 19.1. The van der Waals surface area contributed by atoms with Crippen LogP contribution in [0.2, 0.25) is 0 Å². The van der Waals surface area contributed by atoms with Crippen LogP contribution in [0.4, 0.5) is 8.78 Å². The number of benzene rings is 1. The van der Waals surface area contributed by atoms with Crippen molar-refractivity contribution in [1.82, 2.24) is 10.6 Å². The van der Waals surface area contributed by atoms with Crippen LogP contribution in [0.3, 0.4) is 0 Å². The Morgan fingerprint density at radius 1 is 1.35 bits per heavy atom. The number of furan rings is 1. The van der Waals surface area contributed by atoms with Gasteiger partial charge in [-0.15, -0.1) is 0 Å². The predicted molar refractivity (Wildman–Crippen MR) is 77.3 cm³/mol. The second-order valence-electron chi connectivity index (χ2n) is 5.19. The Labute approximate surface area is 130 Å². The van der Waals surface area contributed by atoms with Crippen LogP contribution >= 0.6 is 0 Å². The van der Waals surface area contributed by atoms with Gasteiger partial charge in [0.05, 0.1) is 17.2 Å². The molecule has 120 valence electrons. The number of carbonyl (C=O) groups excluding carboxylic acids is 2. The molecule has 2 amide bonds. The Kier molecular flexibility index (Phi) is 4.10. The highest BCUT2D eigenvalue weighted by Crippen LogP contribution is 2.22. The van der Waals surface area contributed by atoms with Crippen molar-refractivity contribution in [2.24, 2.45) is 0 Å². The first-order valence-corrected chi connectivity index (χ1v) is 7.11. The Morgan fingerprint density at radius 2 is 2.09 bits per heavy atom. The van der Waals surface area contributed by atoms with Crippen molar-refractivity contribution in [2.75, 3.05) is 13.2 Å². The lowest BCUT2D eigenvalue weighted by molar-refractivity contribution is 0.0902. The molecule has 1 aromatic carbocycles. The Hall–Kier alpha value is -2.70. The average Bonchev–Trinajstić information content (AvgIpc) is 2.99. The molecule has 0 fully saturated rings. The van der Waals surface area contributed by atoms with Crippen molar-refractivity contribution in [1.29, 1.82) is 0 Å². The Morgan fingerprint density at radius 3 is 2.78 bits per heavy atom. The Bertz CT molecular complexity index is 740. The van der Waals surface area contributed by atoms with Crippen LogP contribution in [0.1, 0.15) is 38.1 Å². The minimum absolute atomic E-state index is 0.0674. The van der Waals surface area contributed by atoms with Crippen LogP contribution < -0.4 is 10.6 Å². The molecule has 1 aliphatic heterocycles. The molecule has 0 saturated heterocycles. The molecule has 2 heterocycles. The molecule has 0 bridgehead atoms. The summed E-state index contributed by atoms with van der Waals surface area (Å²) in [4.78, 5) is 24.2. The highest BCUT2D eigenvalue weighted by Gasteiger charge is 2.28. The van der Waals surface area contributed by atoms with Gasteiger partial charge in [-0.3, -0.25) is 9.59 Å². The number of nitrogens with one attached hydrogen (secondary N) is 2. The van der Waals surface area contributed by atoms with E-state index in [1.54, 1.807) is 0 Å². The van der Waals surface area contributed by atoms with Gasteiger partial charge in [-0.25, -0.2) is 8.78 Å². The van der Waals surface area contributed by atoms with Gasteiger partial charge in [-0.1, -0.05) is 12.1 Å². The van der Waals surface area contributed by atoms with Crippen LogP contribution in [-0.4, -0.2) is 25.0 Å². The van der Waals surface area contributed by atoms with Crippen molar-refractivity contribution in [3.63, 3.8) is 0 Å². The van der Waals surface area contributed by atoms with Gasteiger partial charge >= 0.3 is 0 Å². The summed E-state index contributed by atoms with van der Waals surface area (Å²) in [6.07, 6.45) is 1.70. The first-order valence-electron chi connectivity index (χ1n) is 7.11. The molecule has 1 aromatic heterocycles. The molecule has 1 unspecified atom stereocenters. The summed E-state index contributed by atoms with van der Waals surface area (Å²) in [6.45, 7) is -0.410. The maximum absolute atomic E-state index is 13.3. The van der Waals surface area contributed by atoms with Crippen LogP contribution in [0.5, 0.6) is 0 Å². The average molecular weight is 320 g/mol. The maximum atomic E-state index is 13.3. The minimum atomic E-state index is -0.930. The second-order valence-corrected chi connectivity index (χ2v) is 5.19. The number of fused-ring (bicyclic) bond motifs is 1. The molecule has 1 atom stereocenters. The van der Waals surface area contributed by atoms with E-state index in [9.17, 15) is 18.4 Å². The third-order valence-electron chi connectivity index (χ3n) is 3.71. The predicted octanol–water partition coefficient (Wildman–Crippen LogP) is 2.15. The van der Waals surface area contributed by atoms with Gasteiger partial charge in [-0.05, 0) is 17.7 Å². The van der Waals surface area contributed by atoms with Crippen LogP contribution in [-0.2, 0) is 6.42 Å². The molecule has 0 aliphatic carbocycles. The van der Waals surface area contributed by atoms with Gasteiger partial charge in [0.15, 0.2) is 0 Å². The minimum Gasteiger partial charge on any atom is -0.468 e. The highest BCUT2D eigenvalue weighted by molar-refractivity contribution is 6.08. The largest absolute Gasteiger partial charge is 0.468 e. The van der Waals surface area contributed by atoms with E-state index in [1.807, 2.05) is 0 Å². The normalized spacial score (nSPS) is 14.8. The quantitative estimate of drug-likeness (QED) is 0.907. The summed E-state index contributed by atoms with van der Waals surface area (Å²) in [5, 5.41) is 5.13. The van der Waals surface area contributed by atoms with E-state index in [0.717, 1.165) is 0 Å². The van der Waals surface area contributed by atoms with E-state index in [2.05, 4.69) is 10.6 Å². The zero-order valence-corrected chi connectivity index (χ0v) is 12.1. The topological polar surface area (TPSA) is 71.3 Å². The maximum Gasteiger partial charge on any atom is 0.255 e. The summed E-state index contributed by atoms with van der Waals surface area (Å²) in [6, 6.07) is 4.25. The molecule has 0 saturated carbocycles. The van der Waals surface area contributed by atoms with Crippen molar-refractivity contribution < 1.29 is 22.8 Å². The standard InChI is InChI=1S/C16H14F2N2O3/c17-7-12(9-1-3-10(18)4-2-9)20-15(21)11-8-23-13-5-6-19-16(22)14(11)13/h1-4,8,12H,5-7H2,(H,19,22)(H,20,21). The summed E-state index contributed by atoms with van der Waals surface area (Å²) in [5.41, 5.74) is 0.687. The van der Waals surface area contributed by atoms with Gasteiger partial charge in [0.25, 0.3) is 11.8 Å². The van der Waals surface area contributed by atoms with Crippen LogP contribution in [0.15, 0.2) is 34.9 Å². The van der Waals surface area contributed by atoms with E-state index in [-0.39, 0.29) is 17.0 Å². The fourth-order valence-corrected chi connectivity index (χ4v) is 2.52. The van der Waals surface area contributed by atoms with Gasteiger partial charge in [-0.2, -0.15) is 0 Å². The summed E-state index contributed by atoms with van der Waals surface area (Å²) < 4.78 is 31.4.